The van der Waals surface area contributed by atoms with Crippen LogP contribution < -0.4 is 0 Å². The van der Waals surface area contributed by atoms with Gasteiger partial charge in [0.2, 0.25) is 0 Å². The van der Waals surface area contributed by atoms with Gasteiger partial charge in [-0.05, 0) is 12.8 Å². The lowest BCUT2D eigenvalue weighted by molar-refractivity contribution is -0.152. The molecule has 0 spiro atoms. The highest BCUT2D eigenvalue weighted by atomic mass is 16.6. The van der Waals surface area contributed by atoms with E-state index in [1.54, 1.807) is 0 Å². The van der Waals surface area contributed by atoms with Gasteiger partial charge < -0.3 is 9.47 Å². The lowest BCUT2D eigenvalue weighted by atomic mass is 10.1. The molecular weight excluding hydrogens is 184 g/mol. The number of cyclic esters (lactones) is 2. The molecule has 0 bridgehead atoms. The van der Waals surface area contributed by atoms with Gasteiger partial charge in [0.15, 0.2) is 0 Å². The quantitative estimate of drug-likeness (QED) is 0.555. The molecule has 0 N–H and O–H groups in total. The number of esters is 2. The molecule has 0 saturated carbocycles. The molecule has 0 radical (unpaired) electrons. The van der Waals surface area contributed by atoms with Crippen molar-refractivity contribution in [1.82, 2.24) is 0 Å². The summed E-state index contributed by atoms with van der Waals surface area (Å²) in [6.07, 6.45) is 4.62. The van der Waals surface area contributed by atoms with Crippen LogP contribution in [0.3, 0.4) is 0 Å². The zero-order chi connectivity index (χ0) is 10.2. The molecule has 1 saturated heterocycles. The Morgan fingerprint density at radius 1 is 0.714 bits per heavy atom. The van der Waals surface area contributed by atoms with Crippen molar-refractivity contribution in [3.63, 3.8) is 0 Å². The number of hydrogen-bond acceptors (Lipinski definition) is 4. The molecule has 0 amide bonds. The Labute approximate surface area is 83.6 Å². The van der Waals surface area contributed by atoms with Gasteiger partial charge in [0.1, 0.15) is 13.2 Å². The molecule has 4 nitrogen and oxygen atoms in total. The molecule has 14 heavy (non-hydrogen) atoms. The van der Waals surface area contributed by atoms with Crippen molar-refractivity contribution in [2.45, 2.75) is 38.5 Å². The topological polar surface area (TPSA) is 52.6 Å². The fourth-order valence-corrected chi connectivity index (χ4v) is 1.35. The molecule has 0 atom stereocenters. The van der Waals surface area contributed by atoms with Crippen molar-refractivity contribution in [3.05, 3.63) is 0 Å². The van der Waals surface area contributed by atoms with Crippen LogP contribution in [0.15, 0.2) is 0 Å². The van der Waals surface area contributed by atoms with Crippen molar-refractivity contribution in [2.75, 3.05) is 13.2 Å². The average Bonchev–Trinajstić information content (AvgIpc) is 2.16. The van der Waals surface area contributed by atoms with Gasteiger partial charge in [0.05, 0.1) is 0 Å². The van der Waals surface area contributed by atoms with Crippen molar-refractivity contribution >= 4 is 11.9 Å². The highest BCUT2D eigenvalue weighted by molar-refractivity contribution is 5.70. The summed E-state index contributed by atoms with van der Waals surface area (Å²) in [6.45, 7) is 0.370. The van der Waals surface area contributed by atoms with Crippen LogP contribution >= 0.6 is 0 Å². The van der Waals surface area contributed by atoms with Gasteiger partial charge in [-0.25, -0.2) is 0 Å². The second-order valence-corrected chi connectivity index (χ2v) is 3.36. The van der Waals surface area contributed by atoms with Crippen molar-refractivity contribution < 1.29 is 19.1 Å². The normalized spacial score (nSPS) is 21.4. The van der Waals surface area contributed by atoms with Gasteiger partial charge in [-0.2, -0.15) is 0 Å². The minimum atomic E-state index is -0.193. The Balaban J connectivity index is 2.27. The summed E-state index contributed by atoms with van der Waals surface area (Å²) in [5.41, 5.74) is 0. The van der Waals surface area contributed by atoms with E-state index in [1.807, 2.05) is 0 Å². The van der Waals surface area contributed by atoms with Crippen molar-refractivity contribution in [2.24, 2.45) is 0 Å². The van der Waals surface area contributed by atoms with Crippen LogP contribution in [0.4, 0.5) is 0 Å². The molecule has 1 rings (SSSR count). The summed E-state index contributed by atoms with van der Waals surface area (Å²) in [6, 6.07) is 0. The highest BCUT2D eigenvalue weighted by Crippen LogP contribution is 2.07. The Bertz CT molecular complexity index is 178. The predicted octanol–water partition coefficient (Wildman–Crippen LogP) is 1.43. The third-order valence-corrected chi connectivity index (χ3v) is 2.12. The van der Waals surface area contributed by atoms with Crippen molar-refractivity contribution in [3.8, 4) is 0 Å². The second-order valence-electron chi connectivity index (χ2n) is 3.36. The standard InChI is InChI=1S/C10H16O4/c11-9-5-3-1-2-4-6-10(12)14-8-7-13-9/h1-8H2. The molecule has 4 heteroatoms. The maximum absolute atomic E-state index is 11.0. The van der Waals surface area contributed by atoms with Crippen LogP contribution in [-0.2, 0) is 19.1 Å². The first-order valence-electron chi connectivity index (χ1n) is 5.10. The SMILES string of the molecule is O=C1CCCCCCC(=O)OCCO1. The number of ether oxygens (including phenoxy) is 2. The number of carbonyl (C=O) groups is 2. The minimum absolute atomic E-state index is 0.185. The van der Waals surface area contributed by atoms with Crippen LogP contribution in [0.1, 0.15) is 38.5 Å². The van der Waals surface area contributed by atoms with Crippen molar-refractivity contribution in [1.29, 1.82) is 0 Å². The summed E-state index contributed by atoms with van der Waals surface area (Å²) in [7, 11) is 0. The summed E-state index contributed by atoms with van der Waals surface area (Å²) in [5, 5.41) is 0. The van der Waals surface area contributed by atoms with E-state index in [4.69, 9.17) is 9.47 Å². The van der Waals surface area contributed by atoms with E-state index in [0.717, 1.165) is 25.7 Å². The summed E-state index contributed by atoms with van der Waals surface area (Å²) < 4.78 is 9.69. The maximum atomic E-state index is 11.0. The predicted molar refractivity (Wildman–Crippen MR) is 49.6 cm³/mol. The van der Waals surface area contributed by atoms with Crippen LogP contribution in [0.2, 0.25) is 0 Å². The van der Waals surface area contributed by atoms with E-state index in [-0.39, 0.29) is 25.2 Å². The fourth-order valence-electron chi connectivity index (χ4n) is 1.35. The first-order chi connectivity index (χ1) is 6.79. The molecule has 0 unspecified atom stereocenters. The zero-order valence-corrected chi connectivity index (χ0v) is 8.29. The summed E-state index contributed by atoms with van der Waals surface area (Å²) in [5.74, 6) is -0.386. The largest absolute Gasteiger partial charge is 0.462 e. The zero-order valence-electron chi connectivity index (χ0n) is 8.29. The maximum Gasteiger partial charge on any atom is 0.305 e. The minimum Gasteiger partial charge on any atom is -0.462 e. The van der Waals surface area contributed by atoms with Gasteiger partial charge >= 0.3 is 11.9 Å². The van der Waals surface area contributed by atoms with Crippen LogP contribution in [0.25, 0.3) is 0 Å². The first-order valence-corrected chi connectivity index (χ1v) is 5.10. The van der Waals surface area contributed by atoms with Crippen LogP contribution in [0, 0.1) is 0 Å². The molecule has 1 aliphatic rings. The molecule has 1 fully saturated rings. The molecule has 0 aliphatic carbocycles. The Hall–Kier alpha value is -1.06. The highest BCUT2D eigenvalue weighted by Gasteiger charge is 2.07. The molecule has 0 aromatic rings. The number of carbonyl (C=O) groups excluding carboxylic acids is 2. The van der Waals surface area contributed by atoms with Gasteiger partial charge in [0.25, 0.3) is 0 Å². The van der Waals surface area contributed by atoms with E-state index in [2.05, 4.69) is 0 Å². The lowest BCUT2D eigenvalue weighted by Crippen LogP contribution is -2.14. The third kappa shape index (κ3) is 4.84. The smallest absolute Gasteiger partial charge is 0.305 e. The lowest BCUT2D eigenvalue weighted by Gasteiger charge is -2.08. The molecule has 0 aromatic heterocycles. The third-order valence-electron chi connectivity index (χ3n) is 2.12. The molecule has 1 aliphatic heterocycles. The van der Waals surface area contributed by atoms with Crippen LogP contribution in [-0.4, -0.2) is 25.2 Å². The molecule has 80 valence electrons. The average molecular weight is 200 g/mol. The Kier molecular flexibility index (Phi) is 5.04. The summed E-state index contributed by atoms with van der Waals surface area (Å²) >= 11 is 0. The van der Waals surface area contributed by atoms with E-state index >= 15 is 0 Å². The van der Waals surface area contributed by atoms with E-state index in [1.165, 1.54) is 0 Å². The van der Waals surface area contributed by atoms with Gasteiger partial charge in [-0.15, -0.1) is 0 Å². The molecular formula is C10H16O4. The fraction of sp³-hybridized carbons (Fsp3) is 0.800. The first kappa shape index (κ1) is 11.0. The second kappa shape index (κ2) is 6.40. The monoisotopic (exact) mass is 200 g/mol. The molecule has 1 heterocycles. The Morgan fingerprint density at radius 3 is 1.57 bits per heavy atom. The van der Waals surface area contributed by atoms with Gasteiger partial charge in [-0.1, -0.05) is 12.8 Å². The van der Waals surface area contributed by atoms with Crippen LogP contribution in [0.5, 0.6) is 0 Å². The van der Waals surface area contributed by atoms with E-state index < -0.39 is 0 Å². The van der Waals surface area contributed by atoms with Gasteiger partial charge in [0, 0.05) is 12.8 Å². The summed E-state index contributed by atoms with van der Waals surface area (Å²) in [4.78, 5) is 22.0. The number of hydrogen-bond donors (Lipinski definition) is 0. The van der Waals surface area contributed by atoms with Gasteiger partial charge in [-0.3, -0.25) is 9.59 Å². The number of rotatable bonds is 0. The van der Waals surface area contributed by atoms with E-state index in [0.29, 0.717) is 12.8 Å². The van der Waals surface area contributed by atoms with E-state index in [9.17, 15) is 9.59 Å². The Morgan fingerprint density at radius 2 is 1.14 bits per heavy atom. The molecule has 0 aromatic carbocycles.